The molecule has 0 spiro atoms. The molecule has 3 aromatic carbocycles. The van der Waals surface area contributed by atoms with Crippen molar-refractivity contribution in [3.63, 3.8) is 0 Å². The van der Waals surface area contributed by atoms with Crippen LogP contribution >= 0.6 is 0 Å². The van der Waals surface area contributed by atoms with Crippen LogP contribution < -0.4 is 15.0 Å². The third kappa shape index (κ3) is 17.2. The first-order chi connectivity index (χ1) is 42.7. The Bertz CT molecular complexity index is 3750. The lowest BCUT2D eigenvalue weighted by Gasteiger charge is -2.26. The number of allylic oxidation sites excluding steroid dienone is 6. The summed E-state index contributed by atoms with van der Waals surface area (Å²) in [5.74, 6) is 0.749. The third-order valence-corrected chi connectivity index (χ3v) is 18.1. The number of aromatic nitrogens is 4. The van der Waals surface area contributed by atoms with Gasteiger partial charge in [0.15, 0.2) is 5.71 Å². The van der Waals surface area contributed by atoms with Crippen molar-refractivity contribution < 1.29 is 40.0 Å². The first-order valence-electron chi connectivity index (χ1n) is 30.5. The van der Waals surface area contributed by atoms with Crippen molar-refractivity contribution >= 4 is 43.2 Å². The van der Waals surface area contributed by atoms with Crippen LogP contribution in [-0.4, -0.2) is 98.1 Å². The lowest BCUT2D eigenvalue weighted by Crippen LogP contribution is -2.27. The van der Waals surface area contributed by atoms with Crippen molar-refractivity contribution in [1.82, 2.24) is 35.1 Å². The fourth-order valence-electron chi connectivity index (χ4n) is 12.0. The molecule has 0 saturated carbocycles. The lowest BCUT2D eigenvalue weighted by molar-refractivity contribution is -0.433. The number of anilines is 1. The second-order valence-corrected chi connectivity index (χ2v) is 26.6. The summed E-state index contributed by atoms with van der Waals surface area (Å²) >= 11 is 0. The summed E-state index contributed by atoms with van der Waals surface area (Å²) < 4.78 is 77.5. The van der Waals surface area contributed by atoms with Crippen LogP contribution in [0.1, 0.15) is 125 Å². The summed E-state index contributed by atoms with van der Waals surface area (Å²) in [6.07, 6.45) is 19.4. The van der Waals surface area contributed by atoms with Crippen LogP contribution in [0.3, 0.4) is 0 Å². The van der Waals surface area contributed by atoms with Gasteiger partial charge in [0, 0.05) is 118 Å². The molecular weight excluding hydrogens is 1160 g/mol. The maximum atomic E-state index is 13.4. The molecule has 17 nitrogen and oxygen atoms in total. The number of hydrogen-bond donors (Lipinski definition) is 3. The highest BCUT2D eigenvalue weighted by Crippen LogP contribution is 2.48. The molecule has 6 heterocycles. The minimum Gasteiger partial charge on any atom is -0.494 e. The molecule has 0 aliphatic carbocycles. The molecule has 0 atom stereocenters. The maximum Gasteiger partial charge on any atom is 0.294 e. The van der Waals surface area contributed by atoms with Gasteiger partial charge in [-0.3, -0.25) is 43.6 Å². The SMILES string of the molecule is CCN1C(=CC=C(C=CC2=[N+](CC)c3ccc(S(=O)(=O)O)cc3C2(C)C)CCCCC(=O)NCCCCOc2cc(CN(Cc3ccccn3)Cc3ccccn3)cc(CN(Cc3ccccn3)Cc3ccccn3)c2)C(C)(C)c2cc(S(=O)(=O)O)ccc21. The number of carbonyl (C=O) groups is 1. The molecule has 3 N–H and O–H groups in total. The molecule has 2 aliphatic heterocycles. The van der Waals surface area contributed by atoms with Gasteiger partial charge in [0.05, 0.1) is 44.6 Å². The van der Waals surface area contributed by atoms with Crippen LogP contribution in [0.5, 0.6) is 5.75 Å². The van der Waals surface area contributed by atoms with Gasteiger partial charge in [-0.25, -0.2) is 0 Å². The molecule has 0 unspecified atom stereocenters. The van der Waals surface area contributed by atoms with E-state index in [1.807, 2.05) is 139 Å². The van der Waals surface area contributed by atoms with Crippen molar-refractivity contribution in [3.05, 3.63) is 233 Å². The Balaban J connectivity index is 0.856. The van der Waals surface area contributed by atoms with E-state index in [2.05, 4.69) is 87.0 Å². The molecule has 0 saturated heterocycles. The second-order valence-electron chi connectivity index (χ2n) is 23.7. The van der Waals surface area contributed by atoms with Crippen LogP contribution in [-0.2, 0) is 75.1 Å². The normalized spacial score (nSPS) is 15.1. The molecule has 9 rings (SSSR count). The molecule has 466 valence electrons. The van der Waals surface area contributed by atoms with Crippen molar-refractivity contribution in [1.29, 1.82) is 0 Å². The zero-order valence-electron chi connectivity index (χ0n) is 51.8. The molecule has 0 fully saturated rings. The largest absolute Gasteiger partial charge is 0.494 e. The predicted molar refractivity (Wildman–Crippen MR) is 348 cm³/mol. The van der Waals surface area contributed by atoms with E-state index in [-0.39, 0.29) is 15.7 Å². The van der Waals surface area contributed by atoms with Gasteiger partial charge in [0.2, 0.25) is 11.6 Å². The average molecular weight is 1240 g/mol. The second kappa shape index (κ2) is 29.5. The van der Waals surface area contributed by atoms with Crippen molar-refractivity contribution in [2.45, 2.75) is 140 Å². The summed E-state index contributed by atoms with van der Waals surface area (Å²) in [5.41, 5.74) is 11.0. The van der Waals surface area contributed by atoms with Crippen LogP contribution in [0.15, 0.2) is 198 Å². The van der Waals surface area contributed by atoms with Gasteiger partial charge >= 0.3 is 0 Å². The minimum absolute atomic E-state index is 0.0226. The Hall–Kier alpha value is -8.04. The number of benzene rings is 3. The first kappa shape index (κ1) is 65.4. The van der Waals surface area contributed by atoms with Gasteiger partial charge in [0.1, 0.15) is 12.3 Å². The monoisotopic (exact) mass is 1240 g/mol. The number of fused-ring (bicyclic) bond motifs is 2. The molecular formula is C70H82N9O8S2+. The van der Waals surface area contributed by atoms with Gasteiger partial charge in [-0.05, 0) is 179 Å². The van der Waals surface area contributed by atoms with Gasteiger partial charge in [-0.1, -0.05) is 56.3 Å². The summed E-state index contributed by atoms with van der Waals surface area (Å²) in [6.45, 7) is 18.2. The van der Waals surface area contributed by atoms with Gasteiger partial charge < -0.3 is 15.0 Å². The number of pyridine rings is 4. The van der Waals surface area contributed by atoms with E-state index in [0.717, 1.165) is 92.0 Å². The molecule has 1 amide bonds. The van der Waals surface area contributed by atoms with E-state index >= 15 is 0 Å². The zero-order valence-corrected chi connectivity index (χ0v) is 53.4. The number of rotatable bonds is 30. The number of nitrogens with zero attached hydrogens (tertiary/aromatic N) is 8. The fourth-order valence-corrected chi connectivity index (χ4v) is 13.0. The Labute approximate surface area is 525 Å². The summed E-state index contributed by atoms with van der Waals surface area (Å²) in [4.78, 5) is 38.6. The van der Waals surface area contributed by atoms with E-state index in [1.165, 1.54) is 12.1 Å². The van der Waals surface area contributed by atoms with Crippen LogP contribution in [0.4, 0.5) is 11.4 Å². The standard InChI is InChI=1S/C70H81N9O8S2/c1-7-78-64-31-29-60(88(81,82)83)44-62(64)69(3,4)66(78)33-27-52(28-34-67-70(5,6)63-45-61(89(84,85)86)30-32-65(63)79(67)8-2)21-9-10-26-68(80)75-39-19-20-40-87-59-42-53(46-76(48-55-22-11-15-35-71-55)49-56-23-12-16-36-72-56)41-54(43-59)47-77(50-57-24-13-17-37-73-57)51-58-25-14-18-38-74-58/h11-18,22-25,27-38,41-45H,7-10,19-21,26,39-40,46-51H2,1-6H3,(H2-,75,80,81,82,83,84,85,86)/p+1. The lowest BCUT2D eigenvalue weighted by atomic mass is 9.81. The minimum atomic E-state index is -4.43. The van der Waals surface area contributed by atoms with E-state index in [9.17, 15) is 30.7 Å². The molecule has 4 aromatic heterocycles. The predicted octanol–water partition coefficient (Wildman–Crippen LogP) is 12.3. The zero-order chi connectivity index (χ0) is 63.2. The van der Waals surface area contributed by atoms with E-state index < -0.39 is 31.1 Å². The maximum absolute atomic E-state index is 13.4. The van der Waals surface area contributed by atoms with Gasteiger partial charge in [0.25, 0.3) is 20.2 Å². The Morgan fingerprint density at radius 2 is 1.13 bits per heavy atom. The summed E-state index contributed by atoms with van der Waals surface area (Å²) in [6, 6.07) is 39.9. The van der Waals surface area contributed by atoms with E-state index in [0.29, 0.717) is 91.2 Å². The number of nitrogens with one attached hydrogen (secondary N) is 1. The van der Waals surface area contributed by atoms with Crippen LogP contribution in [0.25, 0.3) is 0 Å². The number of unbranched alkanes of at least 4 members (excludes halogenated alkanes) is 2. The fraction of sp³-hybridized carbons (Fsp3) is 0.343. The highest BCUT2D eigenvalue weighted by molar-refractivity contribution is 7.86. The quantitative estimate of drug-likeness (QED) is 0.0165. The number of ether oxygens (including phenoxy) is 1. The molecule has 89 heavy (non-hydrogen) atoms. The molecule has 7 aromatic rings. The smallest absolute Gasteiger partial charge is 0.294 e. The van der Waals surface area contributed by atoms with Gasteiger partial charge in [-0.15, -0.1) is 0 Å². The Morgan fingerprint density at radius 3 is 1.63 bits per heavy atom. The number of amides is 1. The molecule has 0 radical (unpaired) electrons. The van der Waals surface area contributed by atoms with Crippen molar-refractivity contribution in [2.75, 3.05) is 31.1 Å². The van der Waals surface area contributed by atoms with Gasteiger partial charge in [-0.2, -0.15) is 21.4 Å². The van der Waals surface area contributed by atoms with E-state index in [1.54, 1.807) is 24.3 Å². The summed E-state index contributed by atoms with van der Waals surface area (Å²) in [5, 5.41) is 3.13. The van der Waals surface area contributed by atoms with Crippen molar-refractivity contribution in [2.24, 2.45) is 0 Å². The molecule has 0 bridgehead atoms. The Kier molecular flexibility index (Phi) is 21.7. The molecule has 2 aliphatic rings. The first-order valence-corrected chi connectivity index (χ1v) is 33.4. The van der Waals surface area contributed by atoms with Crippen LogP contribution in [0.2, 0.25) is 0 Å². The molecule has 19 heteroatoms. The third-order valence-electron chi connectivity index (χ3n) is 16.4. The summed E-state index contributed by atoms with van der Waals surface area (Å²) in [7, 11) is -8.85. The number of likely N-dealkylation sites (N-methyl/N-ethyl adjacent to an activating group) is 1. The number of carbonyl (C=O) groups excluding carboxylic acids is 1. The average Bonchev–Trinajstić information content (AvgIpc) is 1.64. The number of hydrogen-bond acceptors (Lipinski definition) is 13. The van der Waals surface area contributed by atoms with Crippen LogP contribution in [0, 0.1) is 0 Å². The van der Waals surface area contributed by atoms with Crippen molar-refractivity contribution in [3.8, 4) is 5.75 Å². The highest BCUT2D eigenvalue weighted by Gasteiger charge is 2.45. The Morgan fingerprint density at radius 1 is 0.618 bits per heavy atom. The highest BCUT2D eigenvalue weighted by atomic mass is 32.2. The topological polar surface area (TPSA) is 211 Å². The van der Waals surface area contributed by atoms with E-state index in [4.69, 9.17) is 4.74 Å².